The molecule has 0 bridgehead atoms. The summed E-state index contributed by atoms with van der Waals surface area (Å²) < 4.78 is 0. The van der Waals surface area contributed by atoms with E-state index in [0.29, 0.717) is 22.2 Å². The van der Waals surface area contributed by atoms with Crippen molar-refractivity contribution in [3.8, 4) is 10.6 Å². The number of aromatic carboxylic acids is 1. The van der Waals surface area contributed by atoms with E-state index in [1.165, 1.54) is 35.5 Å². The average molecular weight is 445 g/mol. The number of rotatable bonds is 6. The van der Waals surface area contributed by atoms with Gasteiger partial charge in [0, 0.05) is 17.5 Å². The molecule has 2 aromatic carbocycles. The van der Waals surface area contributed by atoms with E-state index in [9.17, 15) is 14.7 Å². The number of hydrogen-bond acceptors (Lipinski definition) is 8. The molecule has 0 atom stereocenters. The summed E-state index contributed by atoms with van der Waals surface area (Å²) in [5.41, 5.74) is 4.07. The number of H-pyrrole nitrogens is 1. The lowest BCUT2D eigenvalue weighted by Gasteiger charge is -2.09. The second kappa shape index (κ2) is 8.04. The van der Waals surface area contributed by atoms with E-state index in [1.54, 1.807) is 12.1 Å². The predicted molar refractivity (Wildman–Crippen MR) is 120 cm³/mol. The molecule has 0 radical (unpaired) electrons. The molecule has 1 amide bonds. The van der Waals surface area contributed by atoms with Crippen LogP contribution in [0.2, 0.25) is 0 Å². The van der Waals surface area contributed by atoms with Gasteiger partial charge >= 0.3 is 5.97 Å². The number of fused-ring (bicyclic) bond motifs is 1. The molecule has 1 aliphatic heterocycles. The van der Waals surface area contributed by atoms with Crippen molar-refractivity contribution < 1.29 is 14.7 Å². The fourth-order valence-corrected chi connectivity index (χ4v) is 3.99. The third-order valence-electron chi connectivity index (χ3n) is 4.80. The quantitative estimate of drug-likeness (QED) is 0.355. The highest BCUT2D eigenvalue weighted by Crippen LogP contribution is 2.32. The normalized spacial score (nSPS) is 11.9. The Morgan fingerprint density at radius 3 is 2.84 bits per heavy atom. The molecule has 0 unspecified atom stereocenters. The Morgan fingerprint density at radius 1 is 1.12 bits per heavy atom. The smallest absolute Gasteiger partial charge is 0.337 e. The van der Waals surface area contributed by atoms with Crippen molar-refractivity contribution in [3.05, 3.63) is 71.3 Å². The van der Waals surface area contributed by atoms with Crippen LogP contribution in [0.25, 0.3) is 10.6 Å². The molecular weight excluding hydrogens is 430 g/mol. The zero-order chi connectivity index (χ0) is 22.1. The highest BCUT2D eigenvalue weighted by molar-refractivity contribution is 7.18. The zero-order valence-corrected chi connectivity index (χ0v) is 17.2. The third kappa shape index (κ3) is 3.84. The molecule has 158 valence electrons. The van der Waals surface area contributed by atoms with Crippen LogP contribution in [0.5, 0.6) is 0 Å². The number of anilines is 3. The number of hydrogen-bond donors (Lipinski definition) is 4. The molecule has 5 rings (SSSR count). The molecule has 2 aromatic heterocycles. The van der Waals surface area contributed by atoms with Crippen molar-refractivity contribution >= 4 is 45.9 Å². The van der Waals surface area contributed by atoms with Crippen LogP contribution in [0.1, 0.15) is 32.0 Å². The fraction of sp³-hybridized carbons (Fsp3) is 0.0476. The number of nitrogens with zero attached hydrogens (tertiary/aromatic N) is 4. The maximum absolute atomic E-state index is 12.4. The molecule has 0 saturated heterocycles. The largest absolute Gasteiger partial charge is 0.478 e. The molecule has 3 heterocycles. The number of aromatic nitrogens is 4. The molecule has 32 heavy (non-hydrogen) atoms. The van der Waals surface area contributed by atoms with Gasteiger partial charge in [0.15, 0.2) is 0 Å². The topological polar surface area (TPSA) is 145 Å². The summed E-state index contributed by atoms with van der Waals surface area (Å²) in [5.74, 6) is -1.65. The average Bonchev–Trinajstić information content (AvgIpc) is 3.55. The Balaban J connectivity index is 1.40. The Labute approximate surface area is 185 Å². The number of imidazole rings is 1. The van der Waals surface area contributed by atoms with Crippen LogP contribution in [-0.4, -0.2) is 43.4 Å². The van der Waals surface area contributed by atoms with Gasteiger partial charge in [-0.15, -0.1) is 10.2 Å². The van der Waals surface area contributed by atoms with Gasteiger partial charge in [-0.05, 0) is 35.4 Å². The highest BCUT2D eigenvalue weighted by atomic mass is 32.1. The monoisotopic (exact) mass is 445 g/mol. The number of aliphatic imine (C=N–C) groups is 1. The van der Waals surface area contributed by atoms with Gasteiger partial charge in [-0.2, -0.15) is 0 Å². The third-order valence-corrected chi connectivity index (χ3v) is 5.69. The molecule has 11 heteroatoms. The van der Waals surface area contributed by atoms with Crippen LogP contribution < -0.4 is 10.6 Å². The molecule has 10 nitrogen and oxygen atoms in total. The highest BCUT2D eigenvalue weighted by Gasteiger charge is 2.17. The van der Waals surface area contributed by atoms with Crippen LogP contribution in [0.4, 0.5) is 16.5 Å². The Kier molecular flexibility index (Phi) is 4.92. The summed E-state index contributed by atoms with van der Waals surface area (Å²) in [6, 6.07) is 10.6. The second-order valence-electron chi connectivity index (χ2n) is 6.91. The Bertz CT molecular complexity index is 1360. The first-order chi connectivity index (χ1) is 15.6. The maximum atomic E-state index is 12.4. The minimum Gasteiger partial charge on any atom is -0.478 e. The van der Waals surface area contributed by atoms with Crippen LogP contribution in [0.15, 0.2) is 53.9 Å². The van der Waals surface area contributed by atoms with E-state index < -0.39 is 11.9 Å². The number of amides is 1. The van der Waals surface area contributed by atoms with Crippen LogP contribution in [0, 0.1) is 0 Å². The van der Waals surface area contributed by atoms with Gasteiger partial charge in [0.25, 0.3) is 5.91 Å². The summed E-state index contributed by atoms with van der Waals surface area (Å²) in [6.45, 7) is 0.699. The van der Waals surface area contributed by atoms with Crippen molar-refractivity contribution in [2.75, 3.05) is 10.6 Å². The SMILES string of the molecule is O=C(Nc1cc(-c2nnc(Nc3ccc4c(c3)C=NC4)s2)ccc1C(=O)O)c1cnc[nH]1. The van der Waals surface area contributed by atoms with Crippen molar-refractivity contribution in [1.29, 1.82) is 0 Å². The van der Waals surface area contributed by atoms with Gasteiger partial charge in [0.1, 0.15) is 10.7 Å². The first kappa shape index (κ1) is 19.6. The summed E-state index contributed by atoms with van der Waals surface area (Å²) in [4.78, 5) is 34.7. The molecule has 0 aliphatic carbocycles. The van der Waals surface area contributed by atoms with Crippen molar-refractivity contribution in [3.63, 3.8) is 0 Å². The number of carboxylic acids is 1. The summed E-state index contributed by atoms with van der Waals surface area (Å²) in [5, 5.41) is 24.9. The van der Waals surface area contributed by atoms with Gasteiger partial charge in [0.2, 0.25) is 5.13 Å². The van der Waals surface area contributed by atoms with Gasteiger partial charge in [-0.3, -0.25) is 9.79 Å². The number of carbonyl (C=O) groups is 2. The van der Waals surface area contributed by atoms with E-state index in [4.69, 9.17) is 0 Å². The molecule has 4 aromatic rings. The van der Waals surface area contributed by atoms with Gasteiger partial charge < -0.3 is 20.7 Å². The van der Waals surface area contributed by atoms with E-state index in [1.807, 2.05) is 24.4 Å². The zero-order valence-electron chi connectivity index (χ0n) is 16.4. The standard InChI is InChI=1S/C21H15N7O3S/c29-18(17-9-23-10-24-17)26-16-6-11(2-4-15(16)20(30)31)19-27-28-21(32-19)25-14-3-1-12-7-22-8-13(12)5-14/h1-6,8-10H,7H2,(H,23,24)(H,25,28)(H,26,29)(H,30,31). The minimum atomic E-state index is -1.16. The minimum absolute atomic E-state index is 0.0377. The predicted octanol–water partition coefficient (Wildman–Crippen LogP) is 3.55. The fourth-order valence-electron chi connectivity index (χ4n) is 3.23. The summed E-state index contributed by atoms with van der Waals surface area (Å²) in [6.07, 6.45) is 4.56. The number of nitrogens with one attached hydrogen (secondary N) is 3. The van der Waals surface area contributed by atoms with Crippen LogP contribution in [-0.2, 0) is 6.54 Å². The van der Waals surface area contributed by atoms with Gasteiger partial charge in [-0.25, -0.2) is 9.78 Å². The first-order valence-corrected chi connectivity index (χ1v) is 10.3. The van der Waals surface area contributed by atoms with E-state index in [2.05, 4.69) is 35.8 Å². The molecule has 0 fully saturated rings. The van der Waals surface area contributed by atoms with Gasteiger partial charge in [0.05, 0.1) is 30.3 Å². The maximum Gasteiger partial charge on any atom is 0.337 e. The lowest BCUT2D eigenvalue weighted by atomic mass is 10.1. The van der Waals surface area contributed by atoms with E-state index in [-0.39, 0.29) is 16.9 Å². The lowest BCUT2D eigenvalue weighted by molar-refractivity contribution is 0.0698. The first-order valence-electron chi connectivity index (χ1n) is 9.47. The van der Waals surface area contributed by atoms with Crippen LogP contribution in [0.3, 0.4) is 0 Å². The number of aromatic amines is 1. The molecular formula is C21H15N7O3S. The molecule has 1 aliphatic rings. The van der Waals surface area contributed by atoms with Crippen molar-refractivity contribution in [1.82, 2.24) is 20.2 Å². The van der Waals surface area contributed by atoms with Crippen molar-refractivity contribution in [2.45, 2.75) is 6.54 Å². The van der Waals surface area contributed by atoms with E-state index >= 15 is 0 Å². The van der Waals surface area contributed by atoms with Crippen LogP contribution >= 0.6 is 11.3 Å². The van der Waals surface area contributed by atoms with E-state index in [0.717, 1.165) is 11.3 Å². The second-order valence-corrected chi connectivity index (χ2v) is 7.88. The summed E-state index contributed by atoms with van der Waals surface area (Å²) in [7, 11) is 0. The molecule has 0 spiro atoms. The Hall–Kier alpha value is -4.38. The molecule has 4 N–H and O–H groups in total. The number of carbonyl (C=O) groups excluding carboxylic acids is 1. The molecule has 0 saturated carbocycles. The number of benzene rings is 2. The number of carboxylic acid groups (broad SMARTS) is 1. The Morgan fingerprint density at radius 2 is 2.03 bits per heavy atom. The summed E-state index contributed by atoms with van der Waals surface area (Å²) >= 11 is 1.31. The van der Waals surface area contributed by atoms with Gasteiger partial charge in [-0.1, -0.05) is 23.5 Å². The lowest BCUT2D eigenvalue weighted by Crippen LogP contribution is -2.15. The van der Waals surface area contributed by atoms with Crippen molar-refractivity contribution in [2.24, 2.45) is 4.99 Å².